The van der Waals surface area contributed by atoms with E-state index in [1.54, 1.807) is 0 Å². The zero-order valence-corrected chi connectivity index (χ0v) is 39.4. The van der Waals surface area contributed by atoms with E-state index in [0.29, 0.717) is 0 Å². The van der Waals surface area contributed by atoms with Crippen molar-refractivity contribution in [3.8, 4) is 66.8 Å². The molecule has 320 valence electrons. The summed E-state index contributed by atoms with van der Waals surface area (Å²) < 4.78 is 0. The van der Waals surface area contributed by atoms with Crippen LogP contribution < -0.4 is 0 Å². The third-order valence-corrected chi connectivity index (χ3v) is 15.8. The summed E-state index contributed by atoms with van der Waals surface area (Å²) in [7, 11) is 0. The van der Waals surface area contributed by atoms with Gasteiger partial charge in [-0.2, -0.15) is 0 Å². The van der Waals surface area contributed by atoms with E-state index in [9.17, 15) is 0 Å². The Morgan fingerprint density at radius 1 is 0.239 bits per heavy atom. The van der Waals surface area contributed by atoms with Gasteiger partial charge in [-0.1, -0.05) is 214 Å². The molecule has 0 heteroatoms. The maximum absolute atomic E-state index is 2.52. The first-order valence-corrected chi connectivity index (χ1v) is 24.0. The van der Waals surface area contributed by atoms with Gasteiger partial charge in [0, 0.05) is 10.8 Å². The molecule has 0 amide bonds. The van der Waals surface area contributed by atoms with Gasteiger partial charge in [0.2, 0.25) is 0 Å². The number of benzene rings is 11. The molecule has 0 unspecified atom stereocenters. The normalized spacial score (nSPS) is 14.1. The molecule has 0 nitrogen and oxygen atoms in total. The van der Waals surface area contributed by atoms with Crippen molar-refractivity contribution in [3.63, 3.8) is 0 Å². The summed E-state index contributed by atoms with van der Waals surface area (Å²) in [4.78, 5) is 0. The van der Waals surface area contributed by atoms with E-state index in [2.05, 4.69) is 237 Å². The second-order valence-corrected chi connectivity index (χ2v) is 20.6. The van der Waals surface area contributed by atoms with Crippen molar-refractivity contribution in [2.45, 2.75) is 59.3 Å². The number of aryl methyl sites for hydroxylation is 3. The molecule has 2 aliphatic carbocycles. The highest BCUT2D eigenvalue weighted by Gasteiger charge is 2.38. The lowest BCUT2D eigenvalue weighted by molar-refractivity contribution is 0.659. The standard InChI is InChI=1S/C67H52/c1-39-20-24-42(25-21-39)62-50-15-8-10-17-52(50)64(55-30-23-40(2)34-56(55)62)65-53-18-11-9-16-51(53)63(54-29-22-41(3)35-57(54)65)45-28-33-49-48-32-27-44(37-60(48)67(6,7)61(49)38-45)43-26-31-47-46-14-12-13-19-58(46)66(4,5)59(47)36-43/h8-38H,1-7H3. The molecule has 0 saturated carbocycles. The van der Waals surface area contributed by atoms with Gasteiger partial charge in [0.25, 0.3) is 0 Å². The molecule has 0 radical (unpaired) electrons. The molecular weight excluding hydrogens is 805 g/mol. The largest absolute Gasteiger partial charge is 0.0619 e. The van der Waals surface area contributed by atoms with Crippen molar-refractivity contribution in [3.05, 3.63) is 227 Å². The van der Waals surface area contributed by atoms with Crippen LogP contribution in [0, 0.1) is 20.8 Å². The summed E-state index contributed by atoms with van der Waals surface area (Å²) in [6.07, 6.45) is 0. The Morgan fingerprint density at radius 3 is 1.13 bits per heavy atom. The van der Waals surface area contributed by atoms with Crippen molar-refractivity contribution in [2.75, 3.05) is 0 Å². The van der Waals surface area contributed by atoms with Crippen LogP contribution in [0.2, 0.25) is 0 Å². The topological polar surface area (TPSA) is 0 Å². The van der Waals surface area contributed by atoms with Crippen LogP contribution in [-0.4, -0.2) is 0 Å². The molecular formula is C67H52. The zero-order valence-electron chi connectivity index (χ0n) is 39.4. The monoisotopic (exact) mass is 856 g/mol. The Hall–Kier alpha value is -7.54. The predicted octanol–water partition coefficient (Wildman–Crippen LogP) is 18.5. The van der Waals surface area contributed by atoms with E-state index >= 15 is 0 Å². The van der Waals surface area contributed by atoms with E-state index in [1.165, 1.54) is 149 Å². The number of rotatable bonds is 4. The first kappa shape index (κ1) is 39.8. The highest BCUT2D eigenvalue weighted by molar-refractivity contribution is 6.30. The Bertz CT molecular complexity index is 3930. The molecule has 11 aromatic rings. The molecule has 0 heterocycles. The summed E-state index contributed by atoms with van der Waals surface area (Å²) in [6, 6.07) is 72.2. The summed E-state index contributed by atoms with van der Waals surface area (Å²) >= 11 is 0. The highest BCUT2D eigenvalue weighted by atomic mass is 14.4. The third-order valence-electron chi connectivity index (χ3n) is 15.8. The summed E-state index contributed by atoms with van der Waals surface area (Å²) in [6.45, 7) is 16.2. The van der Waals surface area contributed by atoms with Gasteiger partial charge in [-0.15, -0.1) is 0 Å². The van der Waals surface area contributed by atoms with Crippen molar-refractivity contribution in [1.29, 1.82) is 0 Å². The SMILES string of the molecule is Cc1ccc(-c2c3ccccc3c(-c3c4ccccc4c(-c4ccc5c(c4)C(C)(C)c4cc(-c6ccc7c(c6)C(C)(C)c6ccccc6-7)ccc4-5)c4ccc(C)cc34)c3ccc(C)cc23)cc1. The second-order valence-electron chi connectivity index (χ2n) is 20.6. The Morgan fingerprint density at radius 2 is 0.582 bits per heavy atom. The minimum absolute atomic E-state index is 0.0389. The van der Waals surface area contributed by atoms with Gasteiger partial charge in [0.05, 0.1) is 0 Å². The maximum Gasteiger partial charge on any atom is 0.0159 e. The molecule has 0 saturated heterocycles. The van der Waals surface area contributed by atoms with E-state index in [4.69, 9.17) is 0 Å². The van der Waals surface area contributed by atoms with E-state index in [1.807, 2.05) is 0 Å². The van der Waals surface area contributed by atoms with Crippen LogP contribution in [0.1, 0.15) is 66.6 Å². The average molecular weight is 857 g/mol. The quantitative estimate of drug-likeness (QED) is 0.155. The van der Waals surface area contributed by atoms with Crippen LogP contribution in [0.5, 0.6) is 0 Å². The fourth-order valence-corrected chi connectivity index (χ4v) is 12.4. The first-order valence-electron chi connectivity index (χ1n) is 24.0. The van der Waals surface area contributed by atoms with E-state index in [0.717, 1.165) is 0 Å². The summed E-state index contributed by atoms with van der Waals surface area (Å²) in [5, 5.41) is 10.3. The van der Waals surface area contributed by atoms with E-state index < -0.39 is 0 Å². The molecule has 0 aliphatic heterocycles. The Labute approximate surface area is 394 Å². The van der Waals surface area contributed by atoms with Crippen LogP contribution in [-0.2, 0) is 10.8 Å². The molecule has 0 N–H and O–H groups in total. The number of hydrogen-bond acceptors (Lipinski definition) is 0. The fraction of sp³-hybridized carbons (Fsp3) is 0.134. The molecule has 0 aromatic heterocycles. The molecule has 0 atom stereocenters. The van der Waals surface area contributed by atoms with Crippen LogP contribution >= 0.6 is 0 Å². The number of hydrogen-bond donors (Lipinski definition) is 0. The van der Waals surface area contributed by atoms with Crippen molar-refractivity contribution >= 4 is 43.1 Å². The second kappa shape index (κ2) is 14.2. The Kier molecular flexibility index (Phi) is 8.45. The molecule has 67 heavy (non-hydrogen) atoms. The Balaban J connectivity index is 0.998. The van der Waals surface area contributed by atoms with Gasteiger partial charge in [-0.05, 0) is 171 Å². The zero-order chi connectivity index (χ0) is 45.5. The molecule has 0 fully saturated rings. The first-order chi connectivity index (χ1) is 32.5. The van der Waals surface area contributed by atoms with Gasteiger partial charge < -0.3 is 0 Å². The van der Waals surface area contributed by atoms with E-state index in [-0.39, 0.29) is 10.8 Å². The molecule has 13 rings (SSSR count). The predicted molar refractivity (Wildman–Crippen MR) is 288 cm³/mol. The van der Waals surface area contributed by atoms with Crippen LogP contribution in [0.4, 0.5) is 0 Å². The summed E-state index contributed by atoms with van der Waals surface area (Å²) in [5.74, 6) is 0. The molecule has 0 bridgehead atoms. The third kappa shape index (κ3) is 5.72. The van der Waals surface area contributed by atoms with Crippen molar-refractivity contribution in [1.82, 2.24) is 0 Å². The highest BCUT2D eigenvalue weighted by Crippen LogP contribution is 2.55. The molecule has 11 aromatic carbocycles. The van der Waals surface area contributed by atoms with Gasteiger partial charge in [-0.3, -0.25) is 0 Å². The average Bonchev–Trinajstić information content (AvgIpc) is 3.71. The van der Waals surface area contributed by atoms with Gasteiger partial charge >= 0.3 is 0 Å². The van der Waals surface area contributed by atoms with Crippen LogP contribution in [0.25, 0.3) is 110 Å². The lowest BCUT2D eigenvalue weighted by atomic mass is 9.78. The molecule has 2 aliphatic rings. The minimum atomic E-state index is -0.194. The lowest BCUT2D eigenvalue weighted by Gasteiger charge is -2.24. The van der Waals surface area contributed by atoms with Crippen LogP contribution in [0.15, 0.2) is 188 Å². The van der Waals surface area contributed by atoms with Gasteiger partial charge in [-0.25, -0.2) is 0 Å². The van der Waals surface area contributed by atoms with Crippen molar-refractivity contribution in [2.24, 2.45) is 0 Å². The maximum atomic E-state index is 2.52. The lowest BCUT2D eigenvalue weighted by Crippen LogP contribution is -2.15. The van der Waals surface area contributed by atoms with Crippen LogP contribution in [0.3, 0.4) is 0 Å². The van der Waals surface area contributed by atoms with Gasteiger partial charge in [0.1, 0.15) is 0 Å². The smallest absolute Gasteiger partial charge is 0.0159 e. The van der Waals surface area contributed by atoms with Crippen molar-refractivity contribution < 1.29 is 0 Å². The number of fused-ring (bicyclic) bond motifs is 10. The van der Waals surface area contributed by atoms with Gasteiger partial charge in [0.15, 0.2) is 0 Å². The molecule has 0 spiro atoms. The summed E-state index contributed by atoms with van der Waals surface area (Å²) in [5.41, 5.74) is 24.8. The minimum Gasteiger partial charge on any atom is -0.0619 e. The fourth-order valence-electron chi connectivity index (χ4n) is 12.4.